The van der Waals surface area contributed by atoms with Gasteiger partial charge in [-0.1, -0.05) is 17.7 Å². The van der Waals surface area contributed by atoms with Crippen molar-refractivity contribution in [2.45, 2.75) is 12.8 Å². The zero-order chi connectivity index (χ0) is 28.1. The predicted molar refractivity (Wildman–Crippen MR) is 159 cm³/mol. The van der Waals surface area contributed by atoms with E-state index >= 15 is 0 Å². The van der Waals surface area contributed by atoms with E-state index in [-0.39, 0.29) is 5.91 Å². The van der Waals surface area contributed by atoms with Crippen LogP contribution in [-0.2, 0) is 22.4 Å². The summed E-state index contributed by atoms with van der Waals surface area (Å²) in [7, 11) is 5.24. The van der Waals surface area contributed by atoms with Gasteiger partial charge in [-0.3, -0.25) is 9.69 Å². The summed E-state index contributed by atoms with van der Waals surface area (Å²) in [5.74, 6) is 1.73. The van der Waals surface area contributed by atoms with E-state index in [2.05, 4.69) is 48.6 Å². The van der Waals surface area contributed by atoms with Crippen molar-refractivity contribution >= 4 is 46.3 Å². The molecule has 0 bridgehead atoms. The molecule has 1 amide bonds. The molecule has 11 heteroatoms. The van der Waals surface area contributed by atoms with Crippen LogP contribution in [0.15, 0.2) is 42.6 Å². The van der Waals surface area contributed by atoms with E-state index in [0.29, 0.717) is 29.1 Å². The van der Waals surface area contributed by atoms with Gasteiger partial charge in [-0.15, -0.1) is 0 Å². The number of hydrogen-bond acceptors (Lipinski definition) is 9. The van der Waals surface area contributed by atoms with Gasteiger partial charge in [0.15, 0.2) is 5.82 Å². The monoisotopic (exact) mass is 565 g/mol. The van der Waals surface area contributed by atoms with Gasteiger partial charge in [0.1, 0.15) is 10.8 Å². The number of nitrogens with zero attached hydrogens (tertiary/aromatic N) is 5. The van der Waals surface area contributed by atoms with Crippen LogP contribution >= 0.6 is 11.6 Å². The van der Waals surface area contributed by atoms with Crippen molar-refractivity contribution in [2.24, 2.45) is 0 Å². The summed E-state index contributed by atoms with van der Waals surface area (Å²) in [6, 6.07) is 12.4. The molecule has 1 aromatic heterocycles. The quantitative estimate of drug-likeness (QED) is 0.421. The van der Waals surface area contributed by atoms with Crippen molar-refractivity contribution in [3.63, 3.8) is 0 Å². The van der Waals surface area contributed by atoms with E-state index < -0.39 is 0 Å². The Morgan fingerprint density at radius 2 is 1.82 bits per heavy atom. The first-order valence-corrected chi connectivity index (χ1v) is 13.9. The maximum Gasteiger partial charge on any atom is 0.236 e. The number of amides is 1. The number of anilines is 5. The summed E-state index contributed by atoms with van der Waals surface area (Å²) in [5, 5.41) is 7.03. The Bertz CT molecular complexity index is 1350. The minimum absolute atomic E-state index is 0.128. The second-order valence-corrected chi connectivity index (χ2v) is 10.6. The summed E-state index contributed by atoms with van der Waals surface area (Å²) < 4.78 is 11.1. The SMILES string of the molecule is COc1cc(N2CCOCC2)ccc1Nc1nc(Nc2ccc3c(c2)CCN(CC(=O)N(C)C)CC3)ncc1Cl. The molecule has 3 heterocycles. The summed E-state index contributed by atoms with van der Waals surface area (Å²) in [6.07, 6.45) is 3.37. The van der Waals surface area contributed by atoms with Gasteiger partial charge < -0.3 is 29.9 Å². The second kappa shape index (κ2) is 12.7. The maximum absolute atomic E-state index is 12.2. The Labute approximate surface area is 240 Å². The van der Waals surface area contributed by atoms with Crippen LogP contribution in [-0.4, -0.2) is 92.8 Å². The fourth-order valence-corrected chi connectivity index (χ4v) is 5.05. The average molecular weight is 566 g/mol. The first-order valence-electron chi connectivity index (χ1n) is 13.5. The van der Waals surface area contributed by atoms with E-state index in [4.69, 9.17) is 21.1 Å². The molecule has 1 fully saturated rings. The third kappa shape index (κ3) is 6.75. The van der Waals surface area contributed by atoms with E-state index in [1.807, 2.05) is 18.2 Å². The first kappa shape index (κ1) is 27.9. The topological polar surface area (TPSA) is 95.1 Å². The molecule has 10 nitrogen and oxygen atoms in total. The van der Waals surface area contributed by atoms with Gasteiger partial charge in [-0.25, -0.2) is 4.98 Å². The number of halogens is 1. The molecule has 0 radical (unpaired) electrons. The highest BCUT2D eigenvalue weighted by Gasteiger charge is 2.18. The highest BCUT2D eigenvalue weighted by atomic mass is 35.5. The van der Waals surface area contributed by atoms with Crippen molar-refractivity contribution in [2.75, 3.05) is 82.7 Å². The molecule has 0 spiro atoms. The van der Waals surface area contributed by atoms with Crippen LogP contribution < -0.4 is 20.3 Å². The number of benzene rings is 2. The lowest BCUT2D eigenvalue weighted by atomic mass is 10.0. The smallest absolute Gasteiger partial charge is 0.236 e. The van der Waals surface area contributed by atoms with Crippen molar-refractivity contribution in [3.8, 4) is 5.75 Å². The van der Waals surface area contributed by atoms with Crippen LogP contribution in [0.1, 0.15) is 11.1 Å². The van der Waals surface area contributed by atoms with Crippen LogP contribution in [0.4, 0.5) is 28.8 Å². The van der Waals surface area contributed by atoms with Crippen molar-refractivity contribution in [1.82, 2.24) is 19.8 Å². The number of fused-ring (bicyclic) bond motifs is 1. The van der Waals surface area contributed by atoms with Crippen LogP contribution in [0.2, 0.25) is 5.02 Å². The molecule has 2 aliphatic heterocycles. The van der Waals surface area contributed by atoms with Crippen molar-refractivity contribution in [1.29, 1.82) is 0 Å². The highest BCUT2D eigenvalue weighted by molar-refractivity contribution is 6.33. The minimum Gasteiger partial charge on any atom is -0.494 e. The molecule has 1 saturated heterocycles. The fourth-order valence-electron chi connectivity index (χ4n) is 4.91. The molecule has 212 valence electrons. The van der Waals surface area contributed by atoms with Crippen molar-refractivity contribution < 1.29 is 14.3 Å². The lowest BCUT2D eigenvalue weighted by molar-refractivity contribution is -0.129. The van der Waals surface area contributed by atoms with Crippen LogP contribution in [0, 0.1) is 0 Å². The van der Waals surface area contributed by atoms with Gasteiger partial charge in [0.2, 0.25) is 11.9 Å². The number of methoxy groups -OCH3 is 1. The number of hydrogen-bond donors (Lipinski definition) is 2. The lowest BCUT2D eigenvalue weighted by Crippen LogP contribution is -2.37. The van der Waals surface area contributed by atoms with Crippen LogP contribution in [0.5, 0.6) is 5.75 Å². The zero-order valence-electron chi connectivity index (χ0n) is 23.2. The Hall–Kier alpha value is -3.60. The van der Waals surface area contributed by atoms with Gasteiger partial charge in [0, 0.05) is 57.7 Å². The number of nitrogens with one attached hydrogen (secondary N) is 2. The van der Waals surface area contributed by atoms with Crippen LogP contribution in [0.3, 0.4) is 0 Å². The molecular weight excluding hydrogens is 530 g/mol. The maximum atomic E-state index is 12.2. The van der Waals surface area contributed by atoms with E-state index in [1.165, 1.54) is 11.1 Å². The van der Waals surface area contributed by atoms with Gasteiger partial charge in [0.25, 0.3) is 0 Å². The Kier molecular flexibility index (Phi) is 8.88. The minimum atomic E-state index is 0.128. The number of carbonyl (C=O) groups is 1. The lowest BCUT2D eigenvalue weighted by Gasteiger charge is -2.29. The molecule has 0 unspecified atom stereocenters. The summed E-state index contributed by atoms with van der Waals surface area (Å²) in [6.45, 7) is 5.28. The molecule has 5 rings (SSSR count). The number of carbonyl (C=O) groups excluding carboxylic acids is 1. The van der Waals surface area contributed by atoms with E-state index in [9.17, 15) is 4.79 Å². The van der Waals surface area contributed by atoms with Gasteiger partial charge >= 0.3 is 0 Å². The molecule has 0 atom stereocenters. The molecule has 0 aliphatic carbocycles. The van der Waals surface area contributed by atoms with Crippen molar-refractivity contribution in [3.05, 3.63) is 58.7 Å². The Morgan fingerprint density at radius 3 is 2.58 bits per heavy atom. The average Bonchev–Trinajstić information content (AvgIpc) is 3.17. The van der Waals surface area contributed by atoms with Gasteiger partial charge in [-0.2, -0.15) is 4.98 Å². The Morgan fingerprint density at radius 1 is 1.05 bits per heavy atom. The molecule has 0 saturated carbocycles. The summed E-state index contributed by atoms with van der Waals surface area (Å²) in [5.41, 5.74) is 5.31. The number of ether oxygens (including phenoxy) is 2. The number of aromatic nitrogens is 2. The molecular formula is C29H36ClN7O3. The summed E-state index contributed by atoms with van der Waals surface area (Å²) >= 11 is 6.47. The largest absolute Gasteiger partial charge is 0.494 e. The van der Waals surface area contributed by atoms with Crippen LogP contribution in [0.25, 0.3) is 0 Å². The third-order valence-electron chi connectivity index (χ3n) is 7.27. The molecule has 2 aliphatic rings. The second-order valence-electron chi connectivity index (χ2n) is 10.2. The number of morpholine rings is 1. The third-order valence-corrected chi connectivity index (χ3v) is 7.55. The first-order chi connectivity index (χ1) is 19.4. The highest BCUT2D eigenvalue weighted by Crippen LogP contribution is 2.34. The molecule has 2 aromatic carbocycles. The normalized spacial score (nSPS) is 15.7. The standard InChI is InChI=1S/C29H36ClN7O3/c1-35(2)27(38)19-36-10-8-20-4-5-22(16-21(20)9-11-36)32-29-31-18-24(30)28(34-29)33-25-7-6-23(17-26(25)39-3)37-12-14-40-15-13-37/h4-7,16-18H,8-15,19H2,1-3H3,(H2,31,32,33,34). The Balaban J connectivity index is 1.28. The molecule has 3 aromatic rings. The number of likely N-dealkylation sites (N-methyl/N-ethyl adjacent to an activating group) is 1. The van der Waals surface area contributed by atoms with E-state index in [0.717, 1.165) is 69.3 Å². The predicted octanol–water partition coefficient (Wildman–Crippen LogP) is 3.95. The zero-order valence-corrected chi connectivity index (χ0v) is 24.0. The molecule has 2 N–H and O–H groups in total. The van der Waals surface area contributed by atoms with Gasteiger partial charge in [-0.05, 0) is 48.2 Å². The van der Waals surface area contributed by atoms with Gasteiger partial charge in [0.05, 0.1) is 38.8 Å². The molecule has 40 heavy (non-hydrogen) atoms. The van der Waals surface area contributed by atoms with E-state index in [1.54, 1.807) is 32.3 Å². The summed E-state index contributed by atoms with van der Waals surface area (Å²) in [4.78, 5) is 27.3. The fraction of sp³-hybridized carbons (Fsp3) is 0.414. The number of rotatable bonds is 8.